The Morgan fingerprint density at radius 1 is 0.786 bits per heavy atom. The molecule has 0 aliphatic carbocycles. The number of nitrogens with two attached hydrogens (primary N) is 2. The van der Waals surface area contributed by atoms with Crippen LogP contribution < -0.4 is 20.9 Å². The fraction of sp³-hybridized carbons (Fsp3) is 0.276. The SMILES string of the molecule is Nc1cc(N)cc(CCOC(=O)/C=C/c2ccc(OC(F)(F)c3ccc(OCCCC(F)(F)C(F)(F)F)cc3)cc2)c1. The number of ether oxygens (including phenoxy) is 3. The van der Waals surface area contributed by atoms with E-state index in [1.165, 1.54) is 36.4 Å². The van der Waals surface area contributed by atoms with Crippen LogP contribution in [0, 0.1) is 0 Å². The third-order valence-electron chi connectivity index (χ3n) is 5.72. The molecule has 6 nitrogen and oxygen atoms in total. The fourth-order valence-electron chi connectivity index (χ4n) is 3.60. The van der Waals surface area contributed by atoms with Gasteiger partial charge in [0.2, 0.25) is 0 Å². The maximum Gasteiger partial charge on any atom is 0.453 e. The summed E-state index contributed by atoms with van der Waals surface area (Å²) in [6, 6.07) is 14.7. The van der Waals surface area contributed by atoms with E-state index in [0.717, 1.165) is 29.8 Å². The molecule has 0 unspecified atom stereocenters. The van der Waals surface area contributed by atoms with Crippen LogP contribution in [-0.4, -0.2) is 31.3 Å². The molecule has 0 saturated carbocycles. The summed E-state index contributed by atoms with van der Waals surface area (Å²) >= 11 is 0. The van der Waals surface area contributed by atoms with E-state index >= 15 is 0 Å². The third kappa shape index (κ3) is 9.60. The molecule has 0 aliphatic rings. The summed E-state index contributed by atoms with van der Waals surface area (Å²) in [6.45, 7) is -0.364. The van der Waals surface area contributed by atoms with E-state index in [2.05, 4.69) is 0 Å². The molecular weight excluding hydrogens is 573 g/mol. The first-order chi connectivity index (χ1) is 19.6. The molecule has 42 heavy (non-hydrogen) atoms. The molecule has 3 aromatic carbocycles. The van der Waals surface area contributed by atoms with E-state index < -0.39 is 49.2 Å². The van der Waals surface area contributed by atoms with Crippen molar-refractivity contribution in [2.24, 2.45) is 0 Å². The lowest BCUT2D eigenvalue weighted by Gasteiger charge is -2.20. The summed E-state index contributed by atoms with van der Waals surface area (Å²) in [7, 11) is 0. The van der Waals surface area contributed by atoms with Gasteiger partial charge >= 0.3 is 24.2 Å². The zero-order chi connectivity index (χ0) is 31.0. The summed E-state index contributed by atoms with van der Waals surface area (Å²) < 4.78 is 107. The minimum atomic E-state index is -5.65. The quantitative estimate of drug-likeness (QED) is 0.0712. The van der Waals surface area contributed by atoms with Crippen LogP contribution in [-0.2, 0) is 22.1 Å². The van der Waals surface area contributed by atoms with Gasteiger partial charge in [0.1, 0.15) is 11.5 Å². The van der Waals surface area contributed by atoms with Crippen molar-refractivity contribution in [1.82, 2.24) is 0 Å². The maximum absolute atomic E-state index is 14.6. The highest BCUT2D eigenvalue weighted by atomic mass is 19.4. The molecule has 0 saturated heterocycles. The van der Waals surface area contributed by atoms with Crippen molar-refractivity contribution in [2.75, 3.05) is 24.7 Å². The van der Waals surface area contributed by atoms with E-state index in [4.69, 9.17) is 25.7 Å². The van der Waals surface area contributed by atoms with Crippen molar-refractivity contribution >= 4 is 23.4 Å². The number of alkyl halides is 7. The molecule has 3 rings (SSSR count). The molecule has 0 atom stereocenters. The number of anilines is 2. The number of carbonyl (C=O) groups is 1. The third-order valence-corrected chi connectivity index (χ3v) is 5.72. The van der Waals surface area contributed by atoms with Crippen LogP contribution in [0.4, 0.5) is 42.1 Å². The molecule has 4 N–H and O–H groups in total. The highest BCUT2D eigenvalue weighted by molar-refractivity contribution is 5.87. The largest absolute Gasteiger partial charge is 0.494 e. The van der Waals surface area contributed by atoms with Crippen LogP contribution in [0.1, 0.15) is 29.5 Å². The zero-order valence-electron chi connectivity index (χ0n) is 22.0. The maximum atomic E-state index is 14.6. The number of carbonyl (C=O) groups excluding carboxylic acids is 1. The molecule has 3 aromatic rings. The molecule has 0 fully saturated rings. The highest BCUT2D eigenvalue weighted by Gasteiger charge is 2.56. The lowest BCUT2D eigenvalue weighted by atomic mass is 10.1. The Hall–Kier alpha value is -4.42. The van der Waals surface area contributed by atoms with Gasteiger partial charge in [-0.3, -0.25) is 0 Å². The second kappa shape index (κ2) is 13.5. The number of rotatable bonds is 13. The van der Waals surface area contributed by atoms with Gasteiger partial charge in [0.05, 0.1) is 18.8 Å². The van der Waals surface area contributed by atoms with Gasteiger partial charge in [0.15, 0.2) is 0 Å². The summed E-state index contributed by atoms with van der Waals surface area (Å²) in [6.07, 6.45) is -8.43. The summed E-state index contributed by atoms with van der Waals surface area (Å²) in [5, 5.41) is 0. The lowest BCUT2D eigenvalue weighted by molar-refractivity contribution is -0.284. The van der Waals surface area contributed by atoms with Crippen LogP contribution in [0.5, 0.6) is 11.5 Å². The highest BCUT2D eigenvalue weighted by Crippen LogP contribution is 2.39. The van der Waals surface area contributed by atoms with E-state index in [1.54, 1.807) is 18.2 Å². The number of esters is 1. The standard InChI is InChI=1S/C29H27F7N2O4/c30-27(31,29(34,35)36)13-1-14-40-24-9-5-21(6-10-24)28(32,33)42-25-7-2-19(3-8-25)4-11-26(39)41-15-12-20-16-22(37)18-23(38)17-20/h2-11,16-18H,1,12-15,37-38H2/b11-4+. The first-order valence-electron chi connectivity index (χ1n) is 12.5. The second-order valence-corrected chi connectivity index (χ2v) is 9.13. The summed E-state index contributed by atoms with van der Waals surface area (Å²) in [5.74, 6) is -5.61. The van der Waals surface area contributed by atoms with Crippen molar-refractivity contribution in [3.63, 3.8) is 0 Å². The predicted molar refractivity (Wildman–Crippen MR) is 142 cm³/mol. The van der Waals surface area contributed by atoms with Crippen molar-refractivity contribution in [3.05, 3.63) is 89.5 Å². The number of hydrogen-bond acceptors (Lipinski definition) is 6. The van der Waals surface area contributed by atoms with Crippen LogP contribution >= 0.6 is 0 Å². The molecule has 0 heterocycles. The van der Waals surface area contributed by atoms with E-state index in [-0.39, 0.29) is 18.1 Å². The van der Waals surface area contributed by atoms with E-state index in [1.807, 2.05) is 0 Å². The number of hydrogen-bond donors (Lipinski definition) is 2. The van der Waals surface area contributed by atoms with Gasteiger partial charge in [-0.25, -0.2) is 4.79 Å². The smallest absolute Gasteiger partial charge is 0.453 e. The first-order valence-corrected chi connectivity index (χ1v) is 12.5. The molecule has 13 heteroatoms. The van der Waals surface area contributed by atoms with Crippen LogP contribution in [0.15, 0.2) is 72.8 Å². The Morgan fingerprint density at radius 2 is 1.38 bits per heavy atom. The Kier molecular flexibility index (Phi) is 10.3. The Morgan fingerprint density at radius 3 is 1.98 bits per heavy atom. The number of benzene rings is 3. The summed E-state index contributed by atoms with van der Waals surface area (Å²) in [4.78, 5) is 12.0. The van der Waals surface area contributed by atoms with Crippen molar-refractivity contribution in [1.29, 1.82) is 0 Å². The van der Waals surface area contributed by atoms with E-state index in [9.17, 15) is 35.5 Å². The first kappa shape index (κ1) is 32.1. The average Bonchev–Trinajstić information content (AvgIpc) is 2.90. The zero-order valence-corrected chi connectivity index (χ0v) is 22.0. The van der Waals surface area contributed by atoms with Crippen molar-refractivity contribution in [2.45, 2.75) is 37.5 Å². The minimum Gasteiger partial charge on any atom is -0.494 e. The molecule has 0 aromatic heterocycles. The van der Waals surface area contributed by atoms with Crippen molar-refractivity contribution < 1.29 is 49.7 Å². The average molecular weight is 601 g/mol. The van der Waals surface area contributed by atoms with Gasteiger partial charge in [-0.2, -0.15) is 30.7 Å². The molecule has 226 valence electrons. The Bertz CT molecular complexity index is 1340. The fourth-order valence-corrected chi connectivity index (χ4v) is 3.60. The van der Waals surface area contributed by atoms with Gasteiger partial charge in [-0.15, -0.1) is 0 Å². The molecular formula is C29H27F7N2O4. The van der Waals surface area contributed by atoms with Gasteiger partial charge in [-0.1, -0.05) is 12.1 Å². The normalized spacial score (nSPS) is 12.4. The minimum absolute atomic E-state index is 0.00834. The van der Waals surface area contributed by atoms with E-state index in [0.29, 0.717) is 23.4 Å². The van der Waals surface area contributed by atoms with Crippen LogP contribution in [0.2, 0.25) is 0 Å². The van der Waals surface area contributed by atoms with Gasteiger partial charge in [0.25, 0.3) is 0 Å². The number of halogens is 7. The Labute approximate surface area is 236 Å². The lowest BCUT2D eigenvalue weighted by Crippen LogP contribution is -2.36. The predicted octanol–water partition coefficient (Wildman–Crippen LogP) is 7.14. The van der Waals surface area contributed by atoms with Crippen molar-refractivity contribution in [3.8, 4) is 11.5 Å². The van der Waals surface area contributed by atoms with Gasteiger partial charge in [0, 0.05) is 30.3 Å². The molecule has 0 amide bonds. The topological polar surface area (TPSA) is 96.8 Å². The number of nitrogen functional groups attached to an aromatic ring is 2. The summed E-state index contributed by atoms with van der Waals surface area (Å²) in [5.41, 5.74) is 13.2. The van der Waals surface area contributed by atoms with Crippen LogP contribution in [0.25, 0.3) is 6.08 Å². The molecule has 0 aliphatic heterocycles. The van der Waals surface area contributed by atoms with Gasteiger partial charge < -0.3 is 25.7 Å². The Balaban J connectivity index is 1.45. The molecule has 0 radical (unpaired) electrons. The van der Waals surface area contributed by atoms with Crippen LogP contribution in [0.3, 0.4) is 0 Å². The monoisotopic (exact) mass is 600 g/mol. The molecule has 0 spiro atoms. The second-order valence-electron chi connectivity index (χ2n) is 9.13. The molecule has 0 bridgehead atoms. The van der Waals surface area contributed by atoms with Gasteiger partial charge in [-0.05, 0) is 78.2 Å².